The molecule has 1 rings (SSSR count). The summed E-state index contributed by atoms with van der Waals surface area (Å²) < 4.78 is 31.4. The second kappa shape index (κ2) is 5.21. The van der Waals surface area contributed by atoms with Gasteiger partial charge in [0.05, 0.1) is 16.0 Å². The van der Waals surface area contributed by atoms with E-state index >= 15 is 0 Å². The quantitative estimate of drug-likeness (QED) is 0.545. The fourth-order valence-electron chi connectivity index (χ4n) is 1.64. The molecule has 0 saturated carbocycles. The zero-order valence-electron chi connectivity index (χ0n) is 9.53. The lowest BCUT2D eigenvalue weighted by atomic mass is 9.98. The van der Waals surface area contributed by atoms with Gasteiger partial charge in [-0.1, -0.05) is 6.08 Å². The van der Waals surface area contributed by atoms with Gasteiger partial charge >= 0.3 is 11.9 Å². The van der Waals surface area contributed by atoms with Crippen molar-refractivity contribution in [2.24, 2.45) is 0 Å². The Morgan fingerprint density at radius 1 is 1.21 bits per heavy atom. The van der Waals surface area contributed by atoms with Crippen LogP contribution in [0.2, 0.25) is 0 Å². The Morgan fingerprint density at radius 3 is 2.16 bits per heavy atom. The molecule has 0 fully saturated rings. The number of hydrogen-bond donors (Lipinski definition) is 3. The van der Waals surface area contributed by atoms with E-state index in [2.05, 4.69) is 6.58 Å². The van der Waals surface area contributed by atoms with E-state index in [1.807, 2.05) is 0 Å². The summed E-state index contributed by atoms with van der Waals surface area (Å²) in [7, 11) is -4.66. The highest BCUT2D eigenvalue weighted by Crippen LogP contribution is 2.24. The Labute approximate surface area is 108 Å². The maximum absolute atomic E-state index is 11.2. The number of hydrogen-bond acceptors (Lipinski definition) is 4. The van der Waals surface area contributed by atoms with E-state index in [-0.39, 0.29) is 12.0 Å². The molecule has 7 nitrogen and oxygen atoms in total. The molecule has 1 aromatic carbocycles. The normalized spacial score (nSPS) is 11.0. The van der Waals surface area contributed by atoms with Crippen LogP contribution in [0, 0.1) is 0 Å². The lowest BCUT2D eigenvalue weighted by Crippen LogP contribution is -2.15. The maximum Gasteiger partial charge on any atom is 0.336 e. The maximum atomic E-state index is 11.2. The molecule has 0 aliphatic rings. The van der Waals surface area contributed by atoms with E-state index in [0.29, 0.717) is 0 Å². The van der Waals surface area contributed by atoms with Gasteiger partial charge < -0.3 is 10.2 Å². The van der Waals surface area contributed by atoms with E-state index in [4.69, 9.17) is 14.8 Å². The van der Waals surface area contributed by atoms with Gasteiger partial charge in [0, 0.05) is 0 Å². The van der Waals surface area contributed by atoms with Crippen molar-refractivity contribution in [3.05, 3.63) is 41.5 Å². The van der Waals surface area contributed by atoms with Crippen LogP contribution in [0.15, 0.2) is 29.7 Å². The highest BCUT2D eigenvalue weighted by Gasteiger charge is 2.26. The zero-order valence-corrected chi connectivity index (χ0v) is 10.3. The summed E-state index contributed by atoms with van der Waals surface area (Å²) in [6, 6.07) is 1.67. The predicted molar refractivity (Wildman–Crippen MR) is 64.1 cm³/mol. The van der Waals surface area contributed by atoms with Gasteiger partial charge in [0.2, 0.25) is 0 Å². The first kappa shape index (κ1) is 14.9. The molecule has 0 atom stereocenters. The summed E-state index contributed by atoms with van der Waals surface area (Å²) in [5.41, 5.74) is -1.55. The first-order valence-corrected chi connectivity index (χ1v) is 6.35. The third-order valence-corrected chi connectivity index (χ3v) is 3.28. The topological polar surface area (TPSA) is 129 Å². The Morgan fingerprint density at radius 2 is 1.79 bits per heavy atom. The number of aromatic carboxylic acids is 2. The van der Waals surface area contributed by atoms with Crippen molar-refractivity contribution in [3.8, 4) is 0 Å². The van der Waals surface area contributed by atoms with Crippen molar-refractivity contribution < 1.29 is 32.8 Å². The average molecular weight is 286 g/mol. The molecule has 8 heteroatoms. The van der Waals surface area contributed by atoms with Crippen LogP contribution in [0.4, 0.5) is 0 Å². The van der Waals surface area contributed by atoms with Gasteiger partial charge in [0.1, 0.15) is 0 Å². The number of benzene rings is 1. The second-order valence-electron chi connectivity index (χ2n) is 3.54. The Kier molecular flexibility index (Phi) is 4.07. The lowest BCUT2D eigenvalue weighted by Gasteiger charge is -2.11. The molecule has 0 aromatic heterocycles. The Bertz CT molecular complexity index is 658. The average Bonchev–Trinajstić information content (AvgIpc) is 2.26. The van der Waals surface area contributed by atoms with Crippen molar-refractivity contribution in [2.75, 3.05) is 0 Å². The first-order valence-electron chi connectivity index (χ1n) is 4.91. The molecule has 0 aliphatic carbocycles. The second-order valence-corrected chi connectivity index (χ2v) is 4.93. The summed E-state index contributed by atoms with van der Waals surface area (Å²) in [5, 5.41) is 17.9. The highest BCUT2D eigenvalue weighted by molar-refractivity contribution is 7.85. The minimum absolute atomic E-state index is 0.210. The standard InChI is InChI=1S/C11H10O7S/c1-2-3-6-8(19(16,17)18)5-4-7(10(12)13)9(6)11(14)15/h2,4-5H,1,3H2,(H,12,13)(H,14,15)(H,16,17,18). The largest absolute Gasteiger partial charge is 0.478 e. The van der Waals surface area contributed by atoms with E-state index in [1.165, 1.54) is 6.08 Å². The van der Waals surface area contributed by atoms with Crippen LogP contribution in [-0.4, -0.2) is 35.1 Å². The first-order chi connectivity index (χ1) is 8.70. The molecule has 1 aromatic rings. The number of carboxylic acid groups (broad SMARTS) is 2. The van der Waals surface area contributed by atoms with E-state index < -0.39 is 38.1 Å². The van der Waals surface area contributed by atoms with Crippen LogP contribution in [0.25, 0.3) is 0 Å². The third-order valence-electron chi connectivity index (χ3n) is 2.34. The third kappa shape index (κ3) is 2.98. The fourth-order valence-corrected chi connectivity index (χ4v) is 2.38. The number of carboxylic acids is 2. The molecule has 0 saturated heterocycles. The molecule has 0 spiro atoms. The Hall–Kier alpha value is -2.19. The van der Waals surface area contributed by atoms with Crippen molar-refractivity contribution >= 4 is 22.1 Å². The molecular weight excluding hydrogens is 276 g/mol. The number of allylic oxidation sites excluding steroid dienone is 1. The predicted octanol–water partition coefficient (Wildman–Crippen LogP) is 1.06. The van der Waals surface area contributed by atoms with Crippen LogP contribution in [0.3, 0.4) is 0 Å². The molecule has 0 aliphatic heterocycles. The molecular formula is C11H10O7S. The minimum atomic E-state index is -4.66. The lowest BCUT2D eigenvalue weighted by molar-refractivity contribution is 0.0650. The summed E-state index contributed by atoms with van der Waals surface area (Å²) >= 11 is 0. The minimum Gasteiger partial charge on any atom is -0.478 e. The summed E-state index contributed by atoms with van der Waals surface area (Å²) in [6.45, 7) is 3.34. The monoisotopic (exact) mass is 286 g/mol. The van der Waals surface area contributed by atoms with Crippen LogP contribution in [0.1, 0.15) is 26.3 Å². The van der Waals surface area contributed by atoms with E-state index in [1.54, 1.807) is 0 Å². The van der Waals surface area contributed by atoms with Gasteiger partial charge in [-0.15, -0.1) is 6.58 Å². The SMILES string of the molecule is C=CCc1c(S(=O)(=O)O)ccc(C(=O)O)c1C(=O)O. The van der Waals surface area contributed by atoms with Gasteiger partial charge in [-0.2, -0.15) is 8.42 Å². The Balaban J connectivity index is 3.83. The summed E-state index contributed by atoms with van der Waals surface area (Å²) in [6.07, 6.45) is 1.000. The fraction of sp³-hybridized carbons (Fsp3) is 0.0909. The van der Waals surface area contributed by atoms with Crippen LogP contribution in [-0.2, 0) is 16.5 Å². The molecule has 0 unspecified atom stereocenters. The zero-order chi connectivity index (χ0) is 14.8. The smallest absolute Gasteiger partial charge is 0.336 e. The van der Waals surface area contributed by atoms with E-state index in [9.17, 15) is 18.0 Å². The van der Waals surface area contributed by atoms with Gasteiger partial charge in [-0.05, 0) is 24.1 Å². The van der Waals surface area contributed by atoms with E-state index in [0.717, 1.165) is 12.1 Å². The number of carbonyl (C=O) groups is 2. The molecule has 0 bridgehead atoms. The van der Waals surface area contributed by atoms with Gasteiger partial charge in [-0.25, -0.2) is 9.59 Å². The summed E-state index contributed by atoms with van der Waals surface area (Å²) in [4.78, 5) is 21.4. The molecule has 0 heterocycles. The van der Waals surface area contributed by atoms with Crippen LogP contribution >= 0.6 is 0 Å². The van der Waals surface area contributed by atoms with Gasteiger partial charge in [0.25, 0.3) is 10.1 Å². The molecule has 19 heavy (non-hydrogen) atoms. The number of rotatable bonds is 5. The van der Waals surface area contributed by atoms with Crippen molar-refractivity contribution in [1.29, 1.82) is 0 Å². The molecule has 0 radical (unpaired) electrons. The van der Waals surface area contributed by atoms with Crippen molar-refractivity contribution in [1.82, 2.24) is 0 Å². The molecule has 0 amide bonds. The molecule has 3 N–H and O–H groups in total. The van der Waals surface area contributed by atoms with Gasteiger partial charge in [0.15, 0.2) is 0 Å². The van der Waals surface area contributed by atoms with Crippen LogP contribution < -0.4 is 0 Å². The van der Waals surface area contributed by atoms with Crippen molar-refractivity contribution in [3.63, 3.8) is 0 Å². The van der Waals surface area contributed by atoms with Gasteiger partial charge in [-0.3, -0.25) is 4.55 Å². The highest BCUT2D eigenvalue weighted by atomic mass is 32.2. The van der Waals surface area contributed by atoms with Crippen LogP contribution in [0.5, 0.6) is 0 Å². The molecule has 102 valence electrons. The summed E-state index contributed by atoms with van der Waals surface area (Å²) in [5.74, 6) is -3.11. The van der Waals surface area contributed by atoms with Crippen molar-refractivity contribution in [2.45, 2.75) is 11.3 Å².